The van der Waals surface area contributed by atoms with Crippen LogP contribution in [0.2, 0.25) is 0 Å². The molecule has 0 spiro atoms. The summed E-state index contributed by atoms with van der Waals surface area (Å²) < 4.78 is 5.89. The smallest absolute Gasteiger partial charge is 0.306 e. The molecule has 60 heavy (non-hydrogen) atoms. The average molecular weight is 838 g/mol. The zero-order valence-electron chi connectivity index (χ0n) is 39.3. The molecule has 1 amide bonds. The highest BCUT2D eigenvalue weighted by Gasteiger charge is 2.24. The summed E-state index contributed by atoms with van der Waals surface area (Å²) in [5.74, 6) is -0.531. The highest BCUT2D eigenvalue weighted by molar-refractivity contribution is 5.77. The zero-order chi connectivity index (χ0) is 43.8. The normalized spacial score (nSPS) is 13.9. The molecule has 0 radical (unpaired) electrons. The van der Waals surface area contributed by atoms with Gasteiger partial charge in [0.1, 0.15) is 6.10 Å². The van der Waals surface area contributed by atoms with Gasteiger partial charge in [-0.3, -0.25) is 9.59 Å². The summed E-state index contributed by atoms with van der Waals surface area (Å²) in [6.07, 6.45) is 59.6. The molecule has 0 aromatic rings. The fourth-order valence-corrected chi connectivity index (χ4v) is 7.21. The number of hydrogen-bond acceptors (Lipinski definition) is 5. The van der Waals surface area contributed by atoms with Crippen molar-refractivity contribution in [3.8, 4) is 0 Å². The van der Waals surface area contributed by atoms with Crippen molar-refractivity contribution in [3.63, 3.8) is 0 Å². The summed E-state index contributed by atoms with van der Waals surface area (Å²) >= 11 is 0. The molecule has 0 fully saturated rings. The van der Waals surface area contributed by atoms with Crippen molar-refractivity contribution in [2.24, 2.45) is 0 Å². The lowest BCUT2D eigenvalue weighted by Gasteiger charge is -2.24. The van der Waals surface area contributed by atoms with Crippen LogP contribution in [0.4, 0.5) is 0 Å². The van der Waals surface area contributed by atoms with E-state index < -0.39 is 18.2 Å². The number of carbonyl (C=O) groups is 2. The second-order valence-electron chi connectivity index (χ2n) is 16.8. The van der Waals surface area contributed by atoms with Gasteiger partial charge in [-0.1, -0.05) is 196 Å². The number of allylic oxidation sites excluding steroid dienone is 12. The van der Waals surface area contributed by atoms with Crippen molar-refractivity contribution < 1.29 is 24.5 Å². The molecule has 0 saturated heterocycles. The molecule has 0 aromatic carbocycles. The van der Waals surface area contributed by atoms with E-state index in [9.17, 15) is 19.8 Å². The van der Waals surface area contributed by atoms with E-state index in [-0.39, 0.29) is 24.9 Å². The second-order valence-corrected chi connectivity index (χ2v) is 16.8. The Morgan fingerprint density at radius 1 is 0.500 bits per heavy atom. The molecule has 0 heterocycles. The summed E-state index contributed by atoms with van der Waals surface area (Å²) in [7, 11) is 0. The van der Waals surface area contributed by atoms with E-state index in [0.29, 0.717) is 19.3 Å². The van der Waals surface area contributed by atoms with Gasteiger partial charge in [0.25, 0.3) is 0 Å². The molecular formula is C54H95NO5. The molecule has 0 saturated carbocycles. The molecule has 0 aliphatic heterocycles. The van der Waals surface area contributed by atoms with Gasteiger partial charge in [0.2, 0.25) is 5.91 Å². The fourth-order valence-electron chi connectivity index (χ4n) is 7.21. The molecular weight excluding hydrogens is 743 g/mol. The molecule has 346 valence electrons. The molecule has 3 unspecified atom stereocenters. The number of aliphatic hydroxyl groups is 2. The molecule has 3 atom stereocenters. The minimum absolute atomic E-state index is 0.0506. The Hall–Kier alpha value is -2.70. The highest BCUT2D eigenvalue weighted by Crippen LogP contribution is 2.17. The summed E-state index contributed by atoms with van der Waals surface area (Å²) in [4.78, 5) is 26.1. The van der Waals surface area contributed by atoms with Crippen molar-refractivity contribution in [1.82, 2.24) is 5.32 Å². The number of unbranched alkanes of at least 4 members (excludes halogenated alkanes) is 20. The first-order chi connectivity index (χ1) is 29.5. The van der Waals surface area contributed by atoms with Crippen LogP contribution in [0, 0.1) is 0 Å². The maximum absolute atomic E-state index is 13.2. The third kappa shape index (κ3) is 42.0. The highest BCUT2D eigenvalue weighted by atomic mass is 16.5. The lowest BCUT2D eigenvalue weighted by Crippen LogP contribution is -2.46. The standard InChI is InChI=1S/C54H95NO5/c1-4-7-10-13-16-19-22-24-25-26-27-28-29-30-32-35-38-41-44-47-54(59)60-50(45-42-39-36-33-21-18-15-12-9-6-3)48-53(58)55-51(49-56)52(57)46-43-40-37-34-31-23-20-17-14-11-8-5-2/h7,10,16,18-19,21,24-25,27-28,30,32,50-52,56-57H,4-6,8-9,11-15,17,20,22-23,26,29,31,33-49H2,1-3H3,(H,55,58)/b10-7-,19-16-,21-18-,25-24-,28-27-,32-30-. The van der Waals surface area contributed by atoms with Crippen molar-refractivity contribution in [1.29, 1.82) is 0 Å². The van der Waals surface area contributed by atoms with E-state index in [1.54, 1.807) is 0 Å². The lowest BCUT2D eigenvalue weighted by atomic mass is 10.0. The molecule has 6 nitrogen and oxygen atoms in total. The molecule has 0 rings (SSSR count). The van der Waals surface area contributed by atoms with E-state index >= 15 is 0 Å². The van der Waals surface area contributed by atoms with Crippen LogP contribution in [0.3, 0.4) is 0 Å². The molecule has 0 aromatic heterocycles. The molecule has 3 N–H and O–H groups in total. The first-order valence-corrected chi connectivity index (χ1v) is 25.2. The van der Waals surface area contributed by atoms with Gasteiger partial charge in [0.05, 0.1) is 25.2 Å². The number of esters is 1. The monoisotopic (exact) mass is 838 g/mol. The first-order valence-electron chi connectivity index (χ1n) is 25.2. The van der Waals surface area contributed by atoms with Crippen LogP contribution < -0.4 is 5.32 Å². The Morgan fingerprint density at radius 3 is 1.42 bits per heavy atom. The van der Waals surface area contributed by atoms with Crippen molar-refractivity contribution in [3.05, 3.63) is 72.9 Å². The van der Waals surface area contributed by atoms with Gasteiger partial charge in [0, 0.05) is 6.42 Å². The van der Waals surface area contributed by atoms with E-state index in [2.05, 4.69) is 99.0 Å². The number of aliphatic hydroxyl groups excluding tert-OH is 2. The number of hydrogen-bond donors (Lipinski definition) is 3. The first kappa shape index (κ1) is 57.3. The van der Waals surface area contributed by atoms with Crippen LogP contribution in [-0.2, 0) is 14.3 Å². The Labute approximate surface area is 371 Å². The van der Waals surface area contributed by atoms with Crippen LogP contribution in [0.15, 0.2) is 72.9 Å². The van der Waals surface area contributed by atoms with Gasteiger partial charge < -0.3 is 20.3 Å². The maximum Gasteiger partial charge on any atom is 0.306 e. The number of nitrogens with one attached hydrogen (secondary N) is 1. The predicted octanol–water partition coefficient (Wildman–Crippen LogP) is 15.0. The Balaban J connectivity index is 4.58. The van der Waals surface area contributed by atoms with Gasteiger partial charge in [-0.05, 0) is 96.3 Å². The third-order valence-electron chi connectivity index (χ3n) is 11.0. The number of ether oxygens (including phenoxy) is 1. The van der Waals surface area contributed by atoms with Crippen molar-refractivity contribution in [2.75, 3.05) is 6.61 Å². The maximum atomic E-state index is 13.2. The van der Waals surface area contributed by atoms with Crippen LogP contribution in [0.25, 0.3) is 0 Å². The third-order valence-corrected chi connectivity index (χ3v) is 11.0. The van der Waals surface area contributed by atoms with Crippen molar-refractivity contribution >= 4 is 11.9 Å². The van der Waals surface area contributed by atoms with Gasteiger partial charge in [-0.2, -0.15) is 0 Å². The summed E-state index contributed by atoms with van der Waals surface area (Å²) in [5.41, 5.74) is 0. The van der Waals surface area contributed by atoms with Crippen molar-refractivity contribution in [2.45, 2.75) is 251 Å². The van der Waals surface area contributed by atoms with Crippen LogP contribution in [-0.4, -0.2) is 46.9 Å². The number of carbonyl (C=O) groups excluding carboxylic acids is 2. The summed E-state index contributed by atoms with van der Waals surface area (Å²) in [6, 6.07) is -0.714. The lowest BCUT2D eigenvalue weighted by molar-refractivity contribution is -0.151. The minimum Gasteiger partial charge on any atom is -0.462 e. The molecule has 0 bridgehead atoms. The fraction of sp³-hybridized carbons (Fsp3) is 0.741. The molecule has 0 aliphatic carbocycles. The summed E-state index contributed by atoms with van der Waals surface area (Å²) in [6.45, 7) is 6.32. The van der Waals surface area contributed by atoms with Crippen LogP contribution >= 0.6 is 0 Å². The summed E-state index contributed by atoms with van der Waals surface area (Å²) in [5, 5.41) is 23.7. The number of rotatable bonds is 44. The molecule has 6 heteroatoms. The predicted molar refractivity (Wildman–Crippen MR) is 259 cm³/mol. The Morgan fingerprint density at radius 2 is 0.900 bits per heavy atom. The quantitative estimate of drug-likeness (QED) is 0.0323. The Kier molecular flexibility index (Phi) is 45.2. The zero-order valence-corrected chi connectivity index (χ0v) is 39.3. The Bertz CT molecular complexity index is 1120. The van der Waals surface area contributed by atoms with Crippen LogP contribution in [0.5, 0.6) is 0 Å². The van der Waals surface area contributed by atoms with E-state index in [1.165, 1.54) is 77.0 Å². The second kappa shape index (κ2) is 47.4. The van der Waals surface area contributed by atoms with E-state index in [0.717, 1.165) is 109 Å². The van der Waals surface area contributed by atoms with E-state index in [4.69, 9.17) is 4.74 Å². The topological polar surface area (TPSA) is 95.9 Å². The van der Waals surface area contributed by atoms with Gasteiger partial charge in [0.15, 0.2) is 0 Å². The largest absolute Gasteiger partial charge is 0.462 e. The van der Waals surface area contributed by atoms with Gasteiger partial charge >= 0.3 is 5.97 Å². The van der Waals surface area contributed by atoms with Gasteiger partial charge in [-0.25, -0.2) is 0 Å². The van der Waals surface area contributed by atoms with Crippen LogP contribution in [0.1, 0.15) is 233 Å². The SMILES string of the molecule is CC/C=C\C/C=C\C/C=C\C/C=C\C/C=C\CCCCCC(=O)OC(CCCCC/C=C\CCCCC)CC(=O)NC(CO)C(O)CCCCCCCCCCCCCC. The minimum atomic E-state index is -0.798. The number of amides is 1. The molecule has 0 aliphatic rings. The average Bonchev–Trinajstić information content (AvgIpc) is 3.24. The van der Waals surface area contributed by atoms with E-state index in [1.807, 2.05) is 0 Å². The van der Waals surface area contributed by atoms with Gasteiger partial charge in [-0.15, -0.1) is 0 Å².